The SMILES string of the molecule is O=C(CCCOc1ccc([N+](=O)[O-])cc1Cl)c1cccs1. The van der Waals surface area contributed by atoms with Crippen molar-refractivity contribution in [2.24, 2.45) is 0 Å². The van der Waals surface area contributed by atoms with Crippen molar-refractivity contribution in [2.75, 3.05) is 6.61 Å². The summed E-state index contributed by atoms with van der Waals surface area (Å²) < 4.78 is 5.44. The van der Waals surface area contributed by atoms with Gasteiger partial charge in [-0.2, -0.15) is 0 Å². The van der Waals surface area contributed by atoms with Gasteiger partial charge in [0.1, 0.15) is 5.75 Å². The average Bonchev–Trinajstić information content (AvgIpc) is 2.98. The molecule has 2 rings (SSSR count). The van der Waals surface area contributed by atoms with Crippen molar-refractivity contribution in [3.63, 3.8) is 0 Å². The third-order valence-corrected chi connectivity index (χ3v) is 3.93. The summed E-state index contributed by atoms with van der Waals surface area (Å²) in [4.78, 5) is 22.6. The number of rotatable bonds is 7. The summed E-state index contributed by atoms with van der Waals surface area (Å²) in [6, 6.07) is 7.67. The predicted octanol–water partition coefficient (Wildman–Crippen LogP) is 4.35. The van der Waals surface area contributed by atoms with Gasteiger partial charge in [0.25, 0.3) is 5.69 Å². The Bertz CT molecular complexity index is 642. The van der Waals surface area contributed by atoms with Gasteiger partial charge < -0.3 is 4.74 Å². The topological polar surface area (TPSA) is 69.4 Å². The normalized spacial score (nSPS) is 10.3. The number of hydrogen-bond acceptors (Lipinski definition) is 5. The number of nitrogens with zero attached hydrogens (tertiary/aromatic N) is 1. The van der Waals surface area contributed by atoms with Crippen molar-refractivity contribution in [1.29, 1.82) is 0 Å². The second kappa shape index (κ2) is 7.19. The van der Waals surface area contributed by atoms with Gasteiger partial charge in [0, 0.05) is 18.6 Å². The number of hydrogen-bond donors (Lipinski definition) is 0. The van der Waals surface area contributed by atoms with E-state index < -0.39 is 4.92 Å². The van der Waals surface area contributed by atoms with Crippen LogP contribution in [0.2, 0.25) is 5.02 Å². The minimum atomic E-state index is -0.518. The van der Waals surface area contributed by atoms with Crippen molar-refractivity contribution in [3.05, 3.63) is 55.7 Å². The molecule has 0 saturated carbocycles. The maximum atomic E-state index is 11.8. The molecule has 5 nitrogen and oxygen atoms in total. The molecule has 1 heterocycles. The highest BCUT2D eigenvalue weighted by molar-refractivity contribution is 7.12. The van der Waals surface area contributed by atoms with Gasteiger partial charge in [-0.15, -0.1) is 11.3 Å². The van der Waals surface area contributed by atoms with Crippen LogP contribution in [-0.2, 0) is 0 Å². The van der Waals surface area contributed by atoms with Gasteiger partial charge in [0.05, 0.1) is 21.4 Å². The summed E-state index contributed by atoms with van der Waals surface area (Å²) in [6.07, 6.45) is 0.954. The number of carbonyl (C=O) groups is 1. The average molecular weight is 326 g/mol. The van der Waals surface area contributed by atoms with Crippen LogP contribution in [0.25, 0.3) is 0 Å². The van der Waals surface area contributed by atoms with Crippen LogP contribution < -0.4 is 4.74 Å². The number of Topliss-reactive ketones (excluding diaryl/α,β-unsaturated/α-hetero) is 1. The maximum absolute atomic E-state index is 11.8. The van der Waals surface area contributed by atoms with E-state index in [4.69, 9.17) is 16.3 Å². The molecule has 7 heteroatoms. The summed E-state index contributed by atoms with van der Waals surface area (Å²) in [5.41, 5.74) is -0.0831. The van der Waals surface area contributed by atoms with E-state index >= 15 is 0 Å². The second-order valence-corrected chi connectivity index (χ2v) is 5.58. The van der Waals surface area contributed by atoms with Crippen molar-refractivity contribution >= 4 is 34.4 Å². The summed E-state index contributed by atoms with van der Waals surface area (Å²) >= 11 is 7.32. The lowest BCUT2D eigenvalue weighted by atomic mass is 10.2. The Morgan fingerprint density at radius 3 is 2.81 bits per heavy atom. The Balaban J connectivity index is 1.81. The molecule has 21 heavy (non-hydrogen) atoms. The van der Waals surface area contributed by atoms with Crippen LogP contribution in [0.4, 0.5) is 5.69 Å². The first-order valence-electron chi connectivity index (χ1n) is 6.21. The predicted molar refractivity (Wildman–Crippen MR) is 81.5 cm³/mol. The van der Waals surface area contributed by atoms with Crippen LogP contribution in [0.15, 0.2) is 35.7 Å². The highest BCUT2D eigenvalue weighted by atomic mass is 35.5. The molecule has 0 aliphatic heterocycles. The van der Waals surface area contributed by atoms with Gasteiger partial charge in [0.15, 0.2) is 5.78 Å². The van der Waals surface area contributed by atoms with Crippen LogP contribution >= 0.6 is 22.9 Å². The standard InChI is InChI=1S/C14H12ClNO4S/c15-11-9-10(16(18)19)5-6-13(11)20-7-1-3-12(17)14-4-2-8-21-14/h2,4-6,8-9H,1,3,7H2. The number of halogens is 1. The van der Waals surface area contributed by atoms with E-state index in [0.717, 1.165) is 4.88 Å². The number of non-ortho nitro benzene ring substituents is 1. The second-order valence-electron chi connectivity index (χ2n) is 4.22. The highest BCUT2D eigenvalue weighted by Crippen LogP contribution is 2.28. The van der Waals surface area contributed by atoms with E-state index in [1.807, 2.05) is 11.4 Å². The molecule has 0 aliphatic carbocycles. The Labute approximate surface area is 130 Å². The van der Waals surface area contributed by atoms with Crippen molar-refractivity contribution in [2.45, 2.75) is 12.8 Å². The molecule has 1 aromatic carbocycles. The molecular weight excluding hydrogens is 314 g/mol. The fraction of sp³-hybridized carbons (Fsp3) is 0.214. The number of ketones is 1. The van der Waals surface area contributed by atoms with Crippen molar-refractivity contribution < 1.29 is 14.5 Å². The zero-order chi connectivity index (χ0) is 15.2. The molecule has 0 saturated heterocycles. The van der Waals surface area contributed by atoms with Gasteiger partial charge in [-0.3, -0.25) is 14.9 Å². The molecule has 1 aromatic heterocycles. The molecule has 0 fully saturated rings. The summed E-state index contributed by atoms with van der Waals surface area (Å²) in [5.74, 6) is 0.467. The van der Waals surface area contributed by atoms with E-state index in [2.05, 4.69) is 0 Å². The number of thiophene rings is 1. The lowest BCUT2D eigenvalue weighted by Gasteiger charge is -2.07. The zero-order valence-electron chi connectivity index (χ0n) is 11.0. The first kappa shape index (κ1) is 15.5. The molecule has 0 amide bonds. The van der Waals surface area contributed by atoms with Crippen LogP contribution in [0.5, 0.6) is 5.75 Å². The zero-order valence-corrected chi connectivity index (χ0v) is 12.5. The molecule has 0 bridgehead atoms. The maximum Gasteiger partial charge on any atom is 0.271 e. The smallest absolute Gasteiger partial charge is 0.271 e. The minimum Gasteiger partial charge on any atom is -0.492 e. The fourth-order valence-electron chi connectivity index (χ4n) is 1.70. The number of nitro benzene ring substituents is 1. The van der Waals surface area contributed by atoms with E-state index in [-0.39, 0.29) is 16.5 Å². The minimum absolute atomic E-state index is 0.0831. The lowest BCUT2D eigenvalue weighted by Crippen LogP contribution is -2.03. The van der Waals surface area contributed by atoms with Gasteiger partial charge in [-0.1, -0.05) is 17.7 Å². The van der Waals surface area contributed by atoms with E-state index in [1.54, 1.807) is 6.07 Å². The van der Waals surface area contributed by atoms with Crippen molar-refractivity contribution in [1.82, 2.24) is 0 Å². The molecule has 0 unspecified atom stereocenters. The summed E-state index contributed by atoms with van der Waals surface area (Å²) in [7, 11) is 0. The Morgan fingerprint density at radius 1 is 1.38 bits per heavy atom. The molecule has 0 spiro atoms. The molecular formula is C14H12ClNO4S. The first-order chi connectivity index (χ1) is 10.1. The number of benzene rings is 1. The largest absolute Gasteiger partial charge is 0.492 e. The highest BCUT2D eigenvalue weighted by Gasteiger charge is 2.11. The molecule has 0 atom stereocenters. The molecule has 110 valence electrons. The van der Waals surface area contributed by atoms with E-state index in [0.29, 0.717) is 25.2 Å². The molecule has 0 N–H and O–H groups in total. The summed E-state index contributed by atoms with van der Waals surface area (Å²) in [5, 5.41) is 12.6. The van der Waals surface area contributed by atoms with Gasteiger partial charge in [0.2, 0.25) is 0 Å². The van der Waals surface area contributed by atoms with Crippen LogP contribution in [0.3, 0.4) is 0 Å². The van der Waals surface area contributed by atoms with Crippen LogP contribution in [0.1, 0.15) is 22.5 Å². The number of nitro groups is 1. The Hall–Kier alpha value is -1.92. The molecule has 2 aromatic rings. The Morgan fingerprint density at radius 2 is 2.19 bits per heavy atom. The Kier molecular flexibility index (Phi) is 5.30. The van der Waals surface area contributed by atoms with Gasteiger partial charge in [-0.05, 0) is 23.9 Å². The van der Waals surface area contributed by atoms with E-state index in [1.165, 1.54) is 29.5 Å². The molecule has 0 radical (unpaired) electrons. The van der Waals surface area contributed by atoms with Gasteiger partial charge in [-0.25, -0.2) is 0 Å². The van der Waals surface area contributed by atoms with Gasteiger partial charge >= 0.3 is 0 Å². The summed E-state index contributed by atoms with van der Waals surface area (Å²) in [6.45, 7) is 0.328. The third kappa shape index (κ3) is 4.27. The first-order valence-corrected chi connectivity index (χ1v) is 7.47. The van der Waals surface area contributed by atoms with Crippen molar-refractivity contribution in [3.8, 4) is 5.75 Å². The molecule has 0 aliphatic rings. The fourth-order valence-corrected chi connectivity index (χ4v) is 2.62. The van der Waals surface area contributed by atoms with Crippen LogP contribution in [0, 0.1) is 10.1 Å². The van der Waals surface area contributed by atoms with E-state index in [9.17, 15) is 14.9 Å². The van der Waals surface area contributed by atoms with Crippen LogP contribution in [-0.4, -0.2) is 17.3 Å². The third-order valence-electron chi connectivity index (χ3n) is 2.73. The number of ether oxygens (including phenoxy) is 1. The number of carbonyl (C=O) groups excluding carboxylic acids is 1. The quantitative estimate of drug-likeness (QED) is 0.328. The lowest BCUT2D eigenvalue weighted by molar-refractivity contribution is -0.384. The monoisotopic (exact) mass is 325 g/mol.